The van der Waals surface area contributed by atoms with Gasteiger partial charge in [-0.15, -0.1) is 0 Å². The zero-order valence-electron chi connectivity index (χ0n) is 5.14. The summed E-state index contributed by atoms with van der Waals surface area (Å²) >= 11 is 0. The first-order valence-corrected chi connectivity index (χ1v) is 2.63. The second-order valence-corrected chi connectivity index (χ2v) is 1.60. The molecule has 0 atom stereocenters. The first-order chi connectivity index (χ1) is 4.43. The molecule has 1 N–H and O–H groups in total. The number of para-hydroxylation sites is 1. The minimum Gasteiger partial charge on any atom is -0.293 e. The molecule has 0 aliphatic rings. The maximum atomic E-state index is 8.16. The van der Waals surface area contributed by atoms with Crippen molar-refractivity contribution in [2.45, 2.75) is 0 Å². The maximum Gasteiger partial charge on any atom is 0.181 e. The molecule has 0 spiro atoms. The van der Waals surface area contributed by atoms with E-state index in [0.717, 1.165) is 5.69 Å². The number of rotatable bonds is 1. The van der Waals surface area contributed by atoms with Gasteiger partial charge < -0.3 is 0 Å². The molecule has 0 unspecified atom stereocenters. The third-order valence-corrected chi connectivity index (χ3v) is 0.974. The van der Waals surface area contributed by atoms with Gasteiger partial charge in [-0.1, -0.05) is 18.2 Å². The summed E-state index contributed by atoms with van der Waals surface area (Å²) in [4.78, 5) is 0. The van der Waals surface area contributed by atoms with Crippen LogP contribution in [-0.4, -0.2) is 0 Å². The summed E-state index contributed by atoms with van der Waals surface area (Å²) in [6.45, 7) is 0. The summed E-state index contributed by atoms with van der Waals surface area (Å²) in [5.41, 5.74) is 0.833. The Kier molecular flexibility index (Phi) is 4.69. The molecule has 10 heavy (non-hydrogen) atoms. The molecule has 0 saturated heterocycles. The monoisotopic (exact) mass is 225 g/mol. The first-order valence-electron chi connectivity index (χ1n) is 2.63. The fourth-order valence-electron chi connectivity index (χ4n) is 0.586. The van der Waals surface area contributed by atoms with E-state index in [2.05, 4.69) is 5.32 Å². The Morgan fingerprint density at radius 3 is 2.30 bits per heavy atom. The Hall–Kier alpha value is -0.750. The fraction of sp³-hybridized carbons (Fsp3) is 0. The van der Waals surface area contributed by atoms with E-state index in [1.807, 2.05) is 36.5 Å². The van der Waals surface area contributed by atoms with E-state index in [1.54, 1.807) is 0 Å². The Morgan fingerprint density at radius 1 is 1.20 bits per heavy atom. The molecule has 2 nitrogen and oxygen atoms in total. The number of hydrogen-bond acceptors (Lipinski definition) is 2. The second-order valence-electron chi connectivity index (χ2n) is 1.60. The number of benzene rings is 1. The molecule has 0 amide bonds. The van der Waals surface area contributed by atoms with Gasteiger partial charge in [-0.05, 0) is 12.1 Å². The number of nitrogens with one attached hydrogen (secondary N) is 1. The van der Waals surface area contributed by atoms with E-state index in [4.69, 9.17) is 5.26 Å². The quantitative estimate of drug-likeness (QED) is 0.448. The van der Waals surface area contributed by atoms with Gasteiger partial charge in [-0.2, -0.15) is 5.26 Å². The molecule has 55 valence electrons. The van der Waals surface area contributed by atoms with Crippen LogP contribution in [0.15, 0.2) is 30.3 Å². The van der Waals surface area contributed by atoms with Gasteiger partial charge in [0.2, 0.25) is 0 Å². The van der Waals surface area contributed by atoms with Crippen molar-refractivity contribution in [3.8, 4) is 6.19 Å². The van der Waals surface area contributed by atoms with Crippen LogP contribution in [0.5, 0.6) is 0 Å². The van der Waals surface area contributed by atoms with Crippen LogP contribution < -0.4 is 5.32 Å². The number of nitrogens with zero attached hydrogens (tertiary/aromatic N) is 1. The van der Waals surface area contributed by atoms with E-state index in [9.17, 15) is 0 Å². The van der Waals surface area contributed by atoms with E-state index in [-0.39, 0.29) is 22.4 Å². The molecular formula is C7H6AgN2. The van der Waals surface area contributed by atoms with Crippen LogP contribution in [0, 0.1) is 11.5 Å². The van der Waals surface area contributed by atoms with E-state index >= 15 is 0 Å². The molecule has 0 aromatic heterocycles. The second kappa shape index (κ2) is 5.07. The van der Waals surface area contributed by atoms with Crippen molar-refractivity contribution in [2.24, 2.45) is 0 Å². The number of anilines is 1. The van der Waals surface area contributed by atoms with Crippen molar-refractivity contribution in [2.75, 3.05) is 5.32 Å². The van der Waals surface area contributed by atoms with Gasteiger partial charge in [0.15, 0.2) is 6.19 Å². The Balaban J connectivity index is 0.000000810. The molecule has 0 aliphatic carbocycles. The number of nitriles is 1. The van der Waals surface area contributed by atoms with Gasteiger partial charge in [-0.3, -0.25) is 5.32 Å². The molecule has 3 heteroatoms. The van der Waals surface area contributed by atoms with Gasteiger partial charge >= 0.3 is 0 Å². The van der Waals surface area contributed by atoms with Crippen LogP contribution >= 0.6 is 0 Å². The molecule has 1 aromatic carbocycles. The molecule has 1 aromatic rings. The molecule has 1 rings (SSSR count). The van der Waals surface area contributed by atoms with Crippen LogP contribution in [-0.2, 0) is 22.4 Å². The summed E-state index contributed by atoms with van der Waals surface area (Å²) in [6, 6.07) is 9.33. The van der Waals surface area contributed by atoms with Gasteiger partial charge in [-0.25, -0.2) is 0 Å². The van der Waals surface area contributed by atoms with Crippen LogP contribution in [0.1, 0.15) is 0 Å². The van der Waals surface area contributed by atoms with Gasteiger partial charge in [0.1, 0.15) is 0 Å². The van der Waals surface area contributed by atoms with Crippen molar-refractivity contribution in [3.05, 3.63) is 30.3 Å². The smallest absolute Gasteiger partial charge is 0.181 e. The normalized spacial score (nSPS) is 7.10. The zero-order chi connectivity index (χ0) is 6.53. The molecule has 0 fully saturated rings. The average Bonchev–Trinajstić information content (AvgIpc) is 1.91. The van der Waals surface area contributed by atoms with Gasteiger partial charge in [0.05, 0.1) is 0 Å². The Labute approximate surface area is 75.4 Å². The molecule has 0 saturated carbocycles. The molecule has 0 heterocycles. The molecular weight excluding hydrogens is 220 g/mol. The topological polar surface area (TPSA) is 35.8 Å². The van der Waals surface area contributed by atoms with Crippen molar-refractivity contribution in [3.63, 3.8) is 0 Å². The number of hydrogen-bond donors (Lipinski definition) is 1. The van der Waals surface area contributed by atoms with E-state index < -0.39 is 0 Å². The van der Waals surface area contributed by atoms with Crippen LogP contribution in [0.2, 0.25) is 0 Å². The third kappa shape index (κ3) is 2.70. The van der Waals surface area contributed by atoms with Crippen LogP contribution in [0.4, 0.5) is 5.69 Å². The first kappa shape index (κ1) is 9.25. The average molecular weight is 226 g/mol. The van der Waals surface area contributed by atoms with Crippen molar-refractivity contribution >= 4 is 5.69 Å². The van der Waals surface area contributed by atoms with Crippen molar-refractivity contribution in [1.82, 2.24) is 0 Å². The predicted octanol–water partition coefficient (Wildman–Crippen LogP) is 1.58. The summed E-state index contributed by atoms with van der Waals surface area (Å²) in [6.07, 6.45) is 1.83. The van der Waals surface area contributed by atoms with Crippen molar-refractivity contribution in [1.29, 1.82) is 5.26 Å². The predicted molar refractivity (Wildman–Crippen MR) is 35.7 cm³/mol. The Morgan fingerprint density at radius 2 is 1.80 bits per heavy atom. The largest absolute Gasteiger partial charge is 0.293 e. The third-order valence-electron chi connectivity index (χ3n) is 0.974. The Bertz CT molecular complexity index is 215. The van der Waals surface area contributed by atoms with Gasteiger partial charge in [0, 0.05) is 28.1 Å². The summed E-state index contributed by atoms with van der Waals surface area (Å²) in [7, 11) is 0. The summed E-state index contributed by atoms with van der Waals surface area (Å²) < 4.78 is 0. The zero-order valence-corrected chi connectivity index (χ0v) is 6.62. The minimum absolute atomic E-state index is 0. The molecule has 0 aliphatic heterocycles. The SMILES string of the molecule is N#CNc1ccccc1.[Ag]. The van der Waals surface area contributed by atoms with E-state index in [1.165, 1.54) is 0 Å². The molecule has 0 bridgehead atoms. The summed E-state index contributed by atoms with van der Waals surface area (Å²) in [5.74, 6) is 0. The standard InChI is InChI=1S/C7H6N2.Ag/c8-6-9-7-4-2-1-3-5-7;/h1-5,9H;. The maximum absolute atomic E-state index is 8.16. The summed E-state index contributed by atoms with van der Waals surface area (Å²) in [5, 5.41) is 10.7. The van der Waals surface area contributed by atoms with Crippen LogP contribution in [0.25, 0.3) is 0 Å². The van der Waals surface area contributed by atoms with Crippen molar-refractivity contribution < 1.29 is 22.4 Å². The fourth-order valence-corrected chi connectivity index (χ4v) is 0.586. The van der Waals surface area contributed by atoms with E-state index in [0.29, 0.717) is 0 Å². The van der Waals surface area contributed by atoms with Gasteiger partial charge in [0.25, 0.3) is 0 Å². The minimum atomic E-state index is 0. The van der Waals surface area contributed by atoms with Crippen LogP contribution in [0.3, 0.4) is 0 Å². The molecule has 1 radical (unpaired) electrons.